The van der Waals surface area contributed by atoms with Crippen molar-refractivity contribution in [2.75, 3.05) is 150 Å². The summed E-state index contributed by atoms with van der Waals surface area (Å²) in [6.45, 7) is 18.4. The molecule has 6 amide bonds. The van der Waals surface area contributed by atoms with Crippen molar-refractivity contribution in [1.29, 1.82) is 0 Å². The zero-order chi connectivity index (χ0) is 65.3. The van der Waals surface area contributed by atoms with Crippen LogP contribution in [0.2, 0.25) is 0 Å². The Morgan fingerprint density at radius 3 is 1.79 bits per heavy atom. The Hall–Kier alpha value is -6.59. The second-order valence-corrected chi connectivity index (χ2v) is 26.3. The molecule has 502 valence electrons. The molecule has 0 aromatic heterocycles. The molecule has 2 aromatic rings. The summed E-state index contributed by atoms with van der Waals surface area (Å²) in [5, 5.41) is 2.90. The first-order valence-electron chi connectivity index (χ1n) is 31.1. The first-order valence-corrected chi connectivity index (χ1v) is 33.5. The third-order valence-electron chi connectivity index (χ3n) is 15.6. The van der Waals surface area contributed by atoms with Crippen LogP contribution in [0.3, 0.4) is 0 Å². The number of ketones is 1. The number of carbonyl (C=O) groups excluding carboxylic acids is 7. The van der Waals surface area contributed by atoms with Crippen LogP contribution >= 0.6 is 21.6 Å². The third-order valence-corrected chi connectivity index (χ3v) is 18.9. The van der Waals surface area contributed by atoms with E-state index in [2.05, 4.69) is 18.5 Å². The first-order chi connectivity index (χ1) is 43.9. The molecule has 5 aliphatic rings. The molecule has 7 rings (SSSR count). The van der Waals surface area contributed by atoms with E-state index in [0.717, 1.165) is 35.3 Å². The highest BCUT2D eigenvalue weighted by atomic mass is 33.1. The quantitative estimate of drug-likeness (QED) is 0.0213. The fourth-order valence-corrected chi connectivity index (χ4v) is 13.2. The van der Waals surface area contributed by atoms with E-state index >= 15 is 0 Å². The predicted molar refractivity (Wildman–Crippen MR) is 343 cm³/mol. The topological polar surface area (TPSA) is 298 Å². The van der Waals surface area contributed by atoms with Gasteiger partial charge in [0.25, 0.3) is 23.6 Å². The molecular formula is C64H91N7O18S2. The van der Waals surface area contributed by atoms with Crippen LogP contribution in [0.15, 0.2) is 60.7 Å². The minimum absolute atomic E-state index is 0.0148. The van der Waals surface area contributed by atoms with Crippen molar-refractivity contribution in [3.63, 3.8) is 0 Å². The molecule has 0 aliphatic carbocycles. The van der Waals surface area contributed by atoms with Gasteiger partial charge in [-0.05, 0) is 77.3 Å². The van der Waals surface area contributed by atoms with Crippen LogP contribution in [0.1, 0.15) is 105 Å². The van der Waals surface area contributed by atoms with Gasteiger partial charge in [0.05, 0.1) is 121 Å². The second kappa shape index (κ2) is 36.6. The molecule has 27 heteroatoms. The summed E-state index contributed by atoms with van der Waals surface area (Å²) >= 11 is 0. The number of ether oxygens (including phenoxy) is 11. The van der Waals surface area contributed by atoms with E-state index in [1.807, 2.05) is 18.7 Å². The molecule has 5 heterocycles. The van der Waals surface area contributed by atoms with Crippen molar-refractivity contribution in [3.05, 3.63) is 71.8 Å². The minimum Gasteiger partial charge on any atom is -0.493 e. The molecule has 91 heavy (non-hydrogen) atoms. The van der Waals surface area contributed by atoms with Gasteiger partial charge in [0.1, 0.15) is 12.4 Å². The maximum absolute atomic E-state index is 14.4. The predicted octanol–water partition coefficient (Wildman–Crippen LogP) is 6.41. The van der Waals surface area contributed by atoms with Gasteiger partial charge in [0.15, 0.2) is 29.2 Å². The summed E-state index contributed by atoms with van der Waals surface area (Å²) < 4.78 is 63.0. The number of hydrogen-bond donors (Lipinski definition) is 3. The highest BCUT2D eigenvalue weighted by Gasteiger charge is 2.46. The maximum atomic E-state index is 14.4. The fourth-order valence-electron chi connectivity index (χ4n) is 10.9. The number of unbranched alkanes of at least 4 members (excludes halogenated alkanes) is 2. The van der Waals surface area contributed by atoms with Crippen molar-refractivity contribution >= 4 is 74.4 Å². The van der Waals surface area contributed by atoms with Gasteiger partial charge in [-0.25, -0.2) is 4.79 Å². The number of nitrogen functional groups attached to an aromatic ring is 2. The van der Waals surface area contributed by atoms with Crippen LogP contribution < -0.4 is 35.7 Å². The Bertz CT molecular complexity index is 2850. The SMILES string of the molecule is C=C1C[C@@H](C2CCCO2)N(C(=O)c2cc(OC)c(OCCCCCOc3cc(N)c(C(=O)N4CC(=C)C[C@H]4C4OCCN4C(=O)OCC(C)(C)SSCCNC(=O)CCOCCOCCOCCOCCCC(=O)CCN4C(=O)C=CC4=O)cc3OC)cc2N)C1. The number of methoxy groups -OCH3 is 2. The van der Waals surface area contributed by atoms with E-state index in [1.165, 1.54) is 31.3 Å². The van der Waals surface area contributed by atoms with Crippen molar-refractivity contribution in [2.45, 2.75) is 114 Å². The average molecular weight is 1310 g/mol. The number of imide groups is 1. The van der Waals surface area contributed by atoms with E-state index < -0.39 is 34.9 Å². The van der Waals surface area contributed by atoms with E-state index in [0.29, 0.717) is 158 Å². The highest BCUT2D eigenvalue weighted by molar-refractivity contribution is 8.77. The zero-order valence-corrected chi connectivity index (χ0v) is 54.6. The van der Waals surface area contributed by atoms with E-state index in [1.54, 1.807) is 50.8 Å². The van der Waals surface area contributed by atoms with Crippen molar-refractivity contribution in [1.82, 2.24) is 24.9 Å². The summed E-state index contributed by atoms with van der Waals surface area (Å²) in [7, 11) is 6.12. The van der Waals surface area contributed by atoms with Crippen LogP contribution in [0.4, 0.5) is 16.2 Å². The number of rotatable bonds is 40. The molecule has 4 atom stereocenters. The fraction of sp³-hybridized carbons (Fsp3) is 0.609. The van der Waals surface area contributed by atoms with E-state index in [9.17, 15) is 33.6 Å². The van der Waals surface area contributed by atoms with Gasteiger partial charge in [-0.15, -0.1) is 0 Å². The molecular weight excluding hydrogens is 1220 g/mol. The Kier molecular flexibility index (Phi) is 28.9. The molecule has 2 unspecified atom stereocenters. The summed E-state index contributed by atoms with van der Waals surface area (Å²) in [6.07, 6.45) is 7.36. The summed E-state index contributed by atoms with van der Waals surface area (Å²) in [5.41, 5.74) is 15.9. The number of nitrogens with one attached hydrogen (secondary N) is 1. The molecule has 0 spiro atoms. The average Bonchev–Trinajstić information content (AvgIpc) is 2.00. The second-order valence-electron chi connectivity index (χ2n) is 23.2. The zero-order valence-electron chi connectivity index (χ0n) is 53.0. The van der Waals surface area contributed by atoms with Gasteiger partial charge >= 0.3 is 6.09 Å². The molecule has 0 saturated carbocycles. The standard InChI is InChI=1S/C64H91N7O18S2/c1-43-34-50(52-13-11-24-85-52)70(40-43)60(76)46-36-53(79-5)55(38-48(46)65)86-22-8-7-9-23-87-56-39-49(66)47(37-54(56)80-6)61(77)71-41-44(2)35-51(71)62-69(20-26-88-62)63(78)89-42-64(3,4)91-90-33-18-67-57(73)17-25-82-28-30-84-32-31-83-29-27-81-21-10-12-45(72)16-19-68-58(74)14-15-59(68)75/h14-15,36-39,50-52,62H,1-2,7-13,16-35,40-42,65-66H2,3-6H3,(H,67,73)/t50-,51-,52?,62?/m0/s1. The Balaban J connectivity index is 0.723. The van der Waals surface area contributed by atoms with E-state index in [-0.39, 0.29) is 99.2 Å². The number of Topliss-reactive ketones (excluding diaryl/α,β-unsaturated/α-hetero) is 1. The van der Waals surface area contributed by atoms with Crippen LogP contribution in [-0.2, 0) is 52.3 Å². The third kappa shape index (κ3) is 21.8. The number of nitrogens with two attached hydrogens (primary N) is 2. The molecule has 5 aliphatic heterocycles. The number of amides is 6. The summed E-state index contributed by atoms with van der Waals surface area (Å²) in [6, 6.07) is 5.80. The molecule has 4 fully saturated rings. The Labute approximate surface area is 541 Å². The van der Waals surface area contributed by atoms with Gasteiger partial charge in [0.2, 0.25) is 5.91 Å². The van der Waals surface area contributed by atoms with Crippen molar-refractivity contribution in [3.8, 4) is 23.0 Å². The number of anilines is 2. The summed E-state index contributed by atoms with van der Waals surface area (Å²) in [4.78, 5) is 95.4. The molecule has 4 saturated heterocycles. The van der Waals surface area contributed by atoms with Gasteiger partial charge in [-0.3, -0.25) is 38.6 Å². The minimum atomic E-state index is -0.781. The first kappa shape index (κ1) is 71.8. The lowest BCUT2D eigenvalue weighted by atomic mass is 10.0. The number of carbonyl (C=O) groups is 7. The lowest BCUT2D eigenvalue weighted by Crippen LogP contribution is -2.51. The lowest BCUT2D eigenvalue weighted by Gasteiger charge is -2.33. The van der Waals surface area contributed by atoms with Crippen LogP contribution in [-0.4, -0.2) is 229 Å². The molecule has 25 nitrogen and oxygen atoms in total. The number of likely N-dealkylation sites (tertiary alicyclic amines) is 2. The van der Waals surface area contributed by atoms with Crippen molar-refractivity contribution in [2.24, 2.45) is 0 Å². The Morgan fingerprint density at radius 2 is 1.22 bits per heavy atom. The summed E-state index contributed by atoms with van der Waals surface area (Å²) in [5.74, 6) is 0.692. The smallest absolute Gasteiger partial charge is 0.412 e. The normalized spacial score (nSPS) is 19.1. The lowest BCUT2D eigenvalue weighted by molar-refractivity contribution is -0.137. The van der Waals surface area contributed by atoms with Crippen LogP contribution in [0, 0.1) is 0 Å². The highest BCUT2D eigenvalue weighted by Crippen LogP contribution is 2.40. The van der Waals surface area contributed by atoms with Gasteiger partial charge in [-0.2, -0.15) is 0 Å². The monoisotopic (exact) mass is 1310 g/mol. The molecule has 5 N–H and O–H groups in total. The molecule has 0 radical (unpaired) electrons. The van der Waals surface area contributed by atoms with Gasteiger partial charge in [-0.1, -0.05) is 45.9 Å². The van der Waals surface area contributed by atoms with Crippen LogP contribution in [0.5, 0.6) is 23.0 Å². The van der Waals surface area contributed by atoms with Gasteiger partial charge in [0, 0.05) is 100 Å². The molecule has 2 aromatic carbocycles. The van der Waals surface area contributed by atoms with Gasteiger partial charge < -0.3 is 78.7 Å². The van der Waals surface area contributed by atoms with Crippen LogP contribution in [0.25, 0.3) is 0 Å². The number of nitrogens with zero attached hydrogens (tertiary/aromatic N) is 4. The maximum Gasteiger partial charge on any atom is 0.412 e. The number of hydrogen-bond acceptors (Lipinski definition) is 22. The molecule has 0 bridgehead atoms. The largest absolute Gasteiger partial charge is 0.493 e. The van der Waals surface area contributed by atoms with Crippen molar-refractivity contribution < 1.29 is 85.7 Å². The number of benzene rings is 2. The Morgan fingerprint density at radius 1 is 0.659 bits per heavy atom. The van der Waals surface area contributed by atoms with E-state index in [4.69, 9.17) is 63.6 Å².